The molecule has 0 amide bonds. The van der Waals surface area contributed by atoms with Crippen molar-refractivity contribution in [3.63, 3.8) is 0 Å². The number of esters is 1. The zero-order chi connectivity index (χ0) is 20.3. The van der Waals surface area contributed by atoms with E-state index in [9.17, 15) is 9.35 Å². The lowest BCUT2D eigenvalue weighted by atomic mass is 10.1. The molecule has 1 rings (SSSR count). The molecule has 0 aliphatic rings. The van der Waals surface area contributed by atoms with Crippen molar-refractivity contribution in [3.8, 4) is 5.88 Å². The standard InChI is InChI=1S/C17H27N5O4S/c1-5-25-16(23)11-14(21-27(24)17(2,3)4)13-7-8-15(19-12-13)26-10-6-9-20-22-18/h7-8,12,14,21H,5-6,9-11H2,1-4H3/t14-,27?/m0/s1. The third kappa shape index (κ3) is 8.96. The maximum atomic E-state index is 12.5. The van der Waals surface area contributed by atoms with Gasteiger partial charge in [-0.25, -0.2) is 4.98 Å². The summed E-state index contributed by atoms with van der Waals surface area (Å²) < 4.78 is 25.5. The van der Waals surface area contributed by atoms with Crippen LogP contribution in [0.3, 0.4) is 0 Å². The molecular formula is C17H27N5O4S. The highest BCUT2D eigenvalue weighted by Crippen LogP contribution is 2.23. The first-order chi connectivity index (χ1) is 12.8. The minimum atomic E-state index is -1.36. The van der Waals surface area contributed by atoms with Gasteiger partial charge in [0, 0.05) is 35.1 Å². The Labute approximate surface area is 162 Å². The van der Waals surface area contributed by atoms with E-state index in [-0.39, 0.29) is 19.0 Å². The van der Waals surface area contributed by atoms with Crippen molar-refractivity contribution in [2.75, 3.05) is 19.8 Å². The molecule has 9 nitrogen and oxygen atoms in total. The molecular weight excluding hydrogens is 370 g/mol. The molecule has 0 bridgehead atoms. The predicted molar refractivity (Wildman–Crippen MR) is 103 cm³/mol. The van der Waals surface area contributed by atoms with Gasteiger partial charge < -0.3 is 14.0 Å². The summed E-state index contributed by atoms with van der Waals surface area (Å²) in [7, 11) is 0. The highest BCUT2D eigenvalue weighted by molar-refractivity contribution is 7.90. The fourth-order valence-electron chi connectivity index (χ4n) is 1.96. The smallest absolute Gasteiger partial charge is 0.307 e. The number of ether oxygens (including phenoxy) is 2. The number of carbonyl (C=O) groups is 1. The summed E-state index contributed by atoms with van der Waals surface area (Å²) in [6, 6.07) is 2.96. The number of nitrogens with zero attached hydrogens (tertiary/aromatic N) is 4. The number of rotatable bonds is 11. The molecule has 27 heavy (non-hydrogen) atoms. The summed E-state index contributed by atoms with van der Waals surface area (Å²) in [5, 5.41) is 3.43. The molecule has 1 N–H and O–H groups in total. The van der Waals surface area contributed by atoms with Crippen LogP contribution >= 0.6 is 0 Å². The maximum absolute atomic E-state index is 12.5. The van der Waals surface area contributed by atoms with E-state index in [2.05, 4.69) is 19.7 Å². The second-order valence-electron chi connectivity index (χ2n) is 6.65. The number of pyridine rings is 1. The van der Waals surface area contributed by atoms with E-state index in [1.165, 1.54) is 0 Å². The molecule has 1 heterocycles. The molecule has 10 heteroatoms. The highest BCUT2D eigenvalue weighted by Gasteiger charge is 2.31. The van der Waals surface area contributed by atoms with Gasteiger partial charge in [0.1, 0.15) is 4.75 Å². The Morgan fingerprint density at radius 2 is 2.22 bits per heavy atom. The van der Waals surface area contributed by atoms with E-state index in [0.717, 1.165) is 0 Å². The summed E-state index contributed by atoms with van der Waals surface area (Å²) >= 11 is -1.36. The van der Waals surface area contributed by atoms with E-state index >= 15 is 0 Å². The van der Waals surface area contributed by atoms with Gasteiger partial charge >= 0.3 is 5.97 Å². The van der Waals surface area contributed by atoms with E-state index in [0.29, 0.717) is 31.0 Å². The van der Waals surface area contributed by atoms with E-state index in [1.807, 2.05) is 20.8 Å². The molecule has 1 unspecified atom stereocenters. The van der Waals surface area contributed by atoms with Crippen molar-refractivity contribution in [1.82, 2.24) is 9.71 Å². The zero-order valence-electron chi connectivity index (χ0n) is 16.2. The van der Waals surface area contributed by atoms with Gasteiger partial charge in [-0.05, 0) is 45.2 Å². The Kier molecular flexibility index (Phi) is 9.95. The number of hydrogen-bond donors (Lipinski definition) is 1. The average molecular weight is 398 g/mol. The first-order valence-electron chi connectivity index (χ1n) is 8.71. The third-order valence-corrected chi connectivity index (χ3v) is 4.97. The number of nitrogens with one attached hydrogen (secondary N) is 1. The average Bonchev–Trinajstić information content (AvgIpc) is 2.61. The maximum Gasteiger partial charge on any atom is 0.307 e. The Balaban J connectivity index is 2.78. The number of azide groups is 1. The second-order valence-corrected chi connectivity index (χ2v) is 8.64. The second kappa shape index (κ2) is 11.7. The number of hydrogen-bond acceptors (Lipinski definition) is 7. The van der Waals surface area contributed by atoms with Crippen LogP contribution in [0.25, 0.3) is 10.4 Å². The lowest BCUT2D eigenvalue weighted by molar-refractivity contribution is -0.143. The topological polar surface area (TPSA) is 132 Å². The number of carbonyl (C=O) groups excluding carboxylic acids is 1. The van der Waals surface area contributed by atoms with Crippen LogP contribution in [-0.2, 0) is 20.9 Å². The van der Waals surface area contributed by atoms with Crippen LogP contribution in [0.2, 0.25) is 0 Å². The van der Waals surface area contributed by atoms with Gasteiger partial charge in [0.15, 0.2) is 0 Å². The zero-order valence-corrected chi connectivity index (χ0v) is 17.0. The van der Waals surface area contributed by atoms with Crippen LogP contribution in [0.15, 0.2) is 23.4 Å². The van der Waals surface area contributed by atoms with Crippen molar-refractivity contribution in [1.29, 1.82) is 0 Å². The van der Waals surface area contributed by atoms with Crippen molar-refractivity contribution in [2.45, 2.75) is 51.3 Å². The first-order valence-corrected chi connectivity index (χ1v) is 9.86. The molecule has 1 aromatic rings. The summed E-state index contributed by atoms with van der Waals surface area (Å²) in [6.45, 7) is 8.32. The molecule has 1 aromatic heterocycles. The predicted octanol–water partition coefficient (Wildman–Crippen LogP) is 3.21. The summed E-state index contributed by atoms with van der Waals surface area (Å²) in [6.07, 6.45) is 2.22. The fraction of sp³-hybridized carbons (Fsp3) is 0.647. The van der Waals surface area contributed by atoms with Crippen LogP contribution in [0.5, 0.6) is 5.88 Å². The van der Waals surface area contributed by atoms with Crippen molar-refractivity contribution in [2.24, 2.45) is 5.11 Å². The Bertz CT molecular complexity index is 629. The lowest BCUT2D eigenvalue weighted by Crippen LogP contribution is -2.42. The quantitative estimate of drug-likeness (QED) is 0.152. The van der Waals surface area contributed by atoms with E-state index in [1.54, 1.807) is 25.3 Å². The first kappa shape index (κ1) is 23.0. The number of aromatic nitrogens is 1. The van der Waals surface area contributed by atoms with E-state index < -0.39 is 22.2 Å². The molecule has 0 aliphatic carbocycles. The van der Waals surface area contributed by atoms with E-state index in [4.69, 9.17) is 15.0 Å². The molecule has 0 aliphatic heterocycles. The summed E-state index contributed by atoms with van der Waals surface area (Å²) in [4.78, 5) is 18.8. The Hall–Kier alpha value is -2.00. The van der Waals surface area contributed by atoms with Gasteiger partial charge in [-0.1, -0.05) is 11.2 Å². The van der Waals surface area contributed by atoms with Crippen LogP contribution in [0.1, 0.15) is 52.1 Å². The summed E-state index contributed by atoms with van der Waals surface area (Å²) in [5.41, 5.74) is 8.93. The molecule has 150 valence electrons. The molecule has 0 radical (unpaired) electrons. The normalized spacial score (nSPS) is 13.4. The molecule has 0 spiro atoms. The third-order valence-electron chi connectivity index (χ3n) is 3.36. The molecule has 0 saturated carbocycles. The molecule has 2 atom stereocenters. The van der Waals surface area contributed by atoms with Crippen LogP contribution in [0, 0.1) is 0 Å². The van der Waals surface area contributed by atoms with Crippen LogP contribution in [0.4, 0.5) is 0 Å². The van der Waals surface area contributed by atoms with Gasteiger partial charge in [-0.2, -0.15) is 0 Å². The van der Waals surface area contributed by atoms with Gasteiger partial charge in [-0.15, -0.1) is 4.72 Å². The van der Waals surface area contributed by atoms with Gasteiger partial charge in [-0.3, -0.25) is 4.79 Å². The minimum absolute atomic E-state index is 0.0453. The molecule has 0 fully saturated rings. The monoisotopic (exact) mass is 397 g/mol. The van der Waals surface area contributed by atoms with Crippen LogP contribution < -0.4 is 9.46 Å². The minimum Gasteiger partial charge on any atom is -0.598 e. The largest absolute Gasteiger partial charge is 0.598 e. The van der Waals surface area contributed by atoms with Gasteiger partial charge in [0.25, 0.3) is 0 Å². The van der Waals surface area contributed by atoms with Gasteiger partial charge in [0.2, 0.25) is 5.88 Å². The lowest BCUT2D eigenvalue weighted by Gasteiger charge is -2.27. The molecule has 0 saturated heterocycles. The van der Waals surface area contributed by atoms with Crippen molar-refractivity contribution < 1.29 is 18.8 Å². The van der Waals surface area contributed by atoms with Crippen LogP contribution in [-0.4, -0.2) is 40.0 Å². The fourth-order valence-corrected chi connectivity index (χ4v) is 2.79. The van der Waals surface area contributed by atoms with Crippen molar-refractivity contribution in [3.05, 3.63) is 34.3 Å². The summed E-state index contributed by atoms with van der Waals surface area (Å²) in [5.74, 6) is 0.0470. The van der Waals surface area contributed by atoms with Gasteiger partial charge in [0.05, 0.1) is 25.7 Å². The Morgan fingerprint density at radius 1 is 1.48 bits per heavy atom. The van der Waals surface area contributed by atoms with Crippen molar-refractivity contribution >= 4 is 17.3 Å². The SMILES string of the molecule is CCOC(=O)C[C@H](N[S+]([O-])C(C)(C)C)c1ccc(OCCCN=[N+]=[N-])nc1. The molecule has 0 aromatic carbocycles. The Morgan fingerprint density at radius 3 is 2.78 bits per heavy atom. The highest BCUT2D eigenvalue weighted by atomic mass is 32.2.